The first-order chi connectivity index (χ1) is 10.1. The molecule has 2 aromatic carbocycles. The molecule has 0 aliphatic heterocycles. The van der Waals surface area contributed by atoms with Crippen LogP contribution in [0, 0.1) is 5.82 Å². The normalized spacial score (nSPS) is 12.4. The Morgan fingerprint density at radius 1 is 1.05 bits per heavy atom. The number of halogens is 3. The van der Waals surface area contributed by atoms with Gasteiger partial charge in [0.15, 0.2) is 0 Å². The van der Waals surface area contributed by atoms with Crippen molar-refractivity contribution in [3.8, 4) is 0 Å². The molecule has 1 atom stereocenters. The third-order valence-corrected chi connectivity index (χ3v) is 3.82. The molecule has 0 saturated heterocycles. The highest BCUT2D eigenvalue weighted by Crippen LogP contribution is 2.24. The first kappa shape index (κ1) is 16.3. The van der Waals surface area contributed by atoms with Crippen molar-refractivity contribution >= 4 is 23.2 Å². The molecule has 2 rings (SSSR count). The molecule has 1 N–H and O–H groups in total. The smallest absolute Gasteiger partial charge is 0.129 e. The fourth-order valence-electron chi connectivity index (χ4n) is 2.25. The number of hydrogen-bond acceptors (Lipinski definition) is 1. The fraction of sp³-hybridized carbons (Fsp3) is 0.294. The number of nitrogens with one attached hydrogen (secondary N) is 1. The van der Waals surface area contributed by atoms with E-state index in [4.69, 9.17) is 23.2 Å². The second-order valence-corrected chi connectivity index (χ2v) is 5.88. The molecule has 0 saturated carbocycles. The van der Waals surface area contributed by atoms with Crippen molar-refractivity contribution in [1.29, 1.82) is 0 Å². The van der Waals surface area contributed by atoms with E-state index < -0.39 is 0 Å². The SMILES string of the molecule is CCCNC(Cc1ccc(Cl)cc1)c1ccc(Cl)cc1F. The maximum Gasteiger partial charge on any atom is 0.129 e. The quantitative estimate of drug-likeness (QED) is 0.748. The van der Waals surface area contributed by atoms with Crippen LogP contribution in [0.2, 0.25) is 10.0 Å². The van der Waals surface area contributed by atoms with Gasteiger partial charge in [-0.2, -0.15) is 0 Å². The van der Waals surface area contributed by atoms with Gasteiger partial charge in [0.1, 0.15) is 5.82 Å². The van der Waals surface area contributed by atoms with Crippen molar-refractivity contribution in [2.75, 3.05) is 6.54 Å². The number of rotatable bonds is 6. The zero-order chi connectivity index (χ0) is 15.2. The van der Waals surface area contributed by atoms with E-state index in [1.165, 1.54) is 6.07 Å². The summed E-state index contributed by atoms with van der Waals surface area (Å²) in [5, 5.41) is 4.51. The van der Waals surface area contributed by atoms with E-state index in [2.05, 4.69) is 12.2 Å². The van der Waals surface area contributed by atoms with Gasteiger partial charge in [-0.1, -0.05) is 48.3 Å². The number of benzene rings is 2. The summed E-state index contributed by atoms with van der Waals surface area (Å²) >= 11 is 11.7. The van der Waals surface area contributed by atoms with Gasteiger partial charge in [-0.15, -0.1) is 0 Å². The van der Waals surface area contributed by atoms with Crippen molar-refractivity contribution in [3.63, 3.8) is 0 Å². The highest BCUT2D eigenvalue weighted by atomic mass is 35.5. The Balaban J connectivity index is 2.22. The molecule has 0 heterocycles. The van der Waals surface area contributed by atoms with Gasteiger partial charge >= 0.3 is 0 Å². The van der Waals surface area contributed by atoms with Crippen LogP contribution in [0.3, 0.4) is 0 Å². The molecule has 0 radical (unpaired) electrons. The fourth-order valence-corrected chi connectivity index (χ4v) is 2.54. The molecule has 4 heteroatoms. The van der Waals surface area contributed by atoms with Crippen molar-refractivity contribution in [2.24, 2.45) is 0 Å². The van der Waals surface area contributed by atoms with Crippen LogP contribution in [-0.4, -0.2) is 6.54 Å². The van der Waals surface area contributed by atoms with E-state index in [1.807, 2.05) is 24.3 Å². The monoisotopic (exact) mass is 325 g/mol. The summed E-state index contributed by atoms with van der Waals surface area (Å²) in [5.41, 5.74) is 1.75. The Morgan fingerprint density at radius 3 is 2.33 bits per heavy atom. The van der Waals surface area contributed by atoms with Crippen LogP contribution in [0.5, 0.6) is 0 Å². The zero-order valence-electron chi connectivity index (χ0n) is 11.9. The van der Waals surface area contributed by atoms with Crippen molar-refractivity contribution < 1.29 is 4.39 Å². The zero-order valence-corrected chi connectivity index (χ0v) is 13.4. The first-order valence-corrected chi connectivity index (χ1v) is 7.78. The van der Waals surface area contributed by atoms with Crippen molar-refractivity contribution in [3.05, 3.63) is 69.5 Å². The lowest BCUT2D eigenvalue weighted by Crippen LogP contribution is -2.25. The Hall–Kier alpha value is -1.09. The molecule has 1 unspecified atom stereocenters. The van der Waals surface area contributed by atoms with Gasteiger partial charge in [0.25, 0.3) is 0 Å². The largest absolute Gasteiger partial charge is 0.310 e. The Bertz CT molecular complexity index is 584. The molecular weight excluding hydrogens is 308 g/mol. The van der Waals surface area contributed by atoms with Crippen LogP contribution >= 0.6 is 23.2 Å². The van der Waals surface area contributed by atoms with Crippen LogP contribution in [0.4, 0.5) is 4.39 Å². The number of hydrogen-bond donors (Lipinski definition) is 1. The maximum absolute atomic E-state index is 14.1. The lowest BCUT2D eigenvalue weighted by Gasteiger charge is -2.20. The molecule has 0 fully saturated rings. The summed E-state index contributed by atoms with van der Waals surface area (Å²) in [7, 11) is 0. The first-order valence-electron chi connectivity index (χ1n) is 7.03. The van der Waals surface area contributed by atoms with Crippen LogP contribution in [0.25, 0.3) is 0 Å². The average molecular weight is 326 g/mol. The van der Waals surface area contributed by atoms with Crippen molar-refractivity contribution in [2.45, 2.75) is 25.8 Å². The molecule has 0 aromatic heterocycles. The second-order valence-electron chi connectivity index (χ2n) is 5.00. The minimum Gasteiger partial charge on any atom is -0.310 e. The van der Waals surface area contributed by atoms with E-state index in [0.717, 1.165) is 18.5 Å². The van der Waals surface area contributed by atoms with E-state index in [0.29, 0.717) is 22.0 Å². The topological polar surface area (TPSA) is 12.0 Å². The van der Waals surface area contributed by atoms with Gasteiger partial charge < -0.3 is 5.32 Å². The Labute approximate surface area is 135 Å². The van der Waals surface area contributed by atoms with E-state index in [-0.39, 0.29) is 11.9 Å². The third-order valence-electron chi connectivity index (χ3n) is 3.33. The Kier molecular flexibility index (Phi) is 6.04. The van der Waals surface area contributed by atoms with Crippen LogP contribution < -0.4 is 5.32 Å². The Morgan fingerprint density at radius 2 is 1.71 bits per heavy atom. The van der Waals surface area contributed by atoms with Crippen LogP contribution in [0.15, 0.2) is 42.5 Å². The molecule has 0 bridgehead atoms. The predicted molar refractivity (Wildman–Crippen MR) is 87.6 cm³/mol. The van der Waals surface area contributed by atoms with Gasteiger partial charge in [0.05, 0.1) is 0 Å². The molecule has 0 amide bonds. The lowest BCUT2D eigenvalue weighted by atomic mass is 9.98. The van der Waals surface area contributed by atoms with Gasteiger partial charge in [-0.05, 0) is 49.2 Å². The molecule has 1 nitrogen and oxygen atoms in total. The molecular formula is C17H18Cl2FN. The van der Waals surface area contributed by atoms with E-state index in [9.17, 15) is 4.39 Å². The standard InChI is InChI=1S/C17H18Cl2FN/c1-2-9-21-17(10-12-3-5-13(18)6-4-12)15-8-7-14(19)11-16(15)20/h3-8,11,17,21H,2,9-10H2,1H3. The van der Waals surface area contributed by atoms with Crippen LogP contribution in [-0.2, 0) is 6.42 Å². The molecule has 0 aliphatic rings. The van der Waals surface area contributed by atoms with Gasteiger partial charge in [0.2, 0.25) is 0 Å². The summed E-state index contributed by atoms with van der Waals surface area (Å²) in [4.78, 5) is 0. The highest BCUT2D eigenvalue weighted by molar-refractivity contribution is 6.30. The minimum atomic E-state index is -0.273. The minimum absolute atomic E-state index is 0.0802. The average Bonchev–Trinajstić information content (AvgIpc) is 2.46. The highest BCUT2D eigenvalue weighted by Gasteiger charge is 2.16. The van der Waals surface area contributed by atoms with Crippen LogP contribution in [0.1, 0.15) is 30.5 Å². The molecule has 21 heavy (non-hydrogen) atoms. The lowest BCUT2D eigenvalue weighted by molar-refractivity contribution is 0.497. The maximum atomic E-state index is 14.1. The summed E-state index contributed by atoms with van der Waals surface area (Å²) < 4.78 is 14.1. The van der Waals surface area contributed by atoms with Gasteiger partial charge in [0, 0.05) is 21.7 Å². The third kappa shape index (κ3) is 4.70. The van der Waals surface area contributed by atoms with Crippen molar-refractivity contribution in [1.82, 2.24) is 5.32 Å². The molecule has 112 valence electrons. The van der Waals surface area contributed by atoms with E-state index >= 15 is 0 Å². The van der Waals surface area contributed by atoms with E-state index in [1.54, 1.807) is 12.1 Å². The molecule has 0 spiro atoms. The molecule has 0 aliphatic carbocycles. The summed E-state index contributed by atoms with van der Waals surface area (Å²) in [5.74, 6) is -0.273. The predicted octanol–water partition coefficient (Wildman–Crippen LogP) is 5.42. The second kappa shape index (κ2) is 7.79. The van der Waals surface area contributed by atoms with Gasteiger partial charge in [-0.25, -0.2) is 4.39 Å². The van der Waals surface area contributed by atoms with Gasteiger partial charge in [-0.3, -0.25) is 0 Å². The summed E-state index contributed by atoms with van der Waals surface area (Å²) in [6.07, 6.45) is 1.70. The summed E-state index contributed by atoms with van der Waals surface area (Å²) in [6.45, 7) is 2.92. The molecule has 2 aromatic rings. The summed E-state index contributed by atoms with van der Waals surface area (Å²) in [6, 6.07) is 12.4.